The highest BCUT2D eigenvalue weighted by Gasteiger charge is 2.16. The van der Waals surface area contributed by atoms with Crippen LogP contribution in [0.1, 0.15) is 21.8 Å². The molecule has 0 atom stereocenters. The number of rotatable bonds is 5. The molecule has 1 amide bonds. The maximum absolute atomic E-state index is 12.0. The molecule has 7 heteroatoms. The second-order valence-corrected chi connectivity index (χ2v) is 5.11. The fourth-order valence-corrected chi connectivity index (χ4v) is 2.25. The summed E-state index contributed by atoms with van der Waals surface area (Å²) in [7, 11) is 0. The van der Waals surface area contributed by atoms with Gasteiger partial charge in [-0.15, -0.1) is 0 Å². The van der Waals surface area contributed by atoms with Crippen LogP contribution in [0.15, 0.2) is 35.1 Å². The summed E-state index contributed by atoms with van der Waals surface area (Å²) in [6, 6.07) is 5.42. The average Bonchev–Trinajstić information content (AvgIpc) is 3.03. The van der Waals surface area contributed by atoms with Crippen LogP contribution in [0.3, 0.4) is 0 Å². The van der Waals surface area contributed by atoms with Gasteiger partial charge in [-0.05, 0) is 11.6 Å². The van der Waals surface area contributed by atoms with Crippen molar-refractivity contribution >= 4 is 5.91 Å². The summed E-state index contributed by atoms with van der Waals surface area (Å²) in [6.45, 7) is 4.25. The van der Waals surface area contributed by atoms with Crippen LogP contribution in [-0.2, 0) is 17.8 Å². The van der Waals surface area contributed by atoms with Crippen LogP contribution >= 0.6 is 0 Å². The van der Waals surface area contributed by atoms with Gasteiger partial charge in [0.25, 0.3) is 5.91 Å². The number of nitrogens with zero attached hydrogens (tertiary/aromatic N) is 3. The second-order valence-electron chi connectivity index (χ2n) is 5.11. The van der Waals surface area contributed by atoms with E-state index in [1.165, 1.54) is 0 Å². The number of nitrogens with one attached hydrogen (secondary N) is 1. The third-order valence-electron chi connectivity index (χ3n) is 3.45. The lowest BCUT2D eigenvalue weighted by atomic mass is 10.2. The first kappa shape index (κ1) is 14.7. The number of carbonyl (C=O) groups is 1. The minimum atomic E-state index is -0.249. The van der Waals surface area contributed by atoms with Gasteiger partial charge in [-0.1, -0.05) is 11.2 Å². The van der Waals surface area contributed by atoms with Crippen LogP contribution in [0.5, 0.6) is 0 Å². The third-order valence-corrected chi connectivity index (χ3v) is 3.45. The lowest BCUT2D eigenvalue weighted by Gasteiger charge is -2.25. The minimum Gasteiger partial charge on any atom is -0.379 e. The van der Waals surface area contributed by atoms with Crippen molar-refractivity contribution in [3.63, 3.8) is 0 Å². The fourth-order valence-electron chi connectivity index (χ4n) is 2.25. The molecule has 0 aliphatic carbocycles. The van der Waals surface area contributed by atoms with Crippen LogP contribution in [-0.4, -0.2) is 47.3 Å². The van der Waals surface area contributed by atoms with Gasteiger partial charge in [0.15, 0.2) is 11.5 Å². The summed E-state index contributed by atoms with van der Waals surface area (Å²) < 4.78 is 10.5. The number of hydrogen-bond acceptors (Lipinski definition) is 6. The predicted molar refractivity (Wildman–Crippen MR) is 78.0 cm³/mol. The van der Waals surface area contributed by atoms with E-state index in [1.807, 2.05) is 12.1 Å². The van der Waals surface area contributed by atoms with Crippen molar-refractivity contribution in [2.45, 2.75) is 13.1 Å². The lowest BCUT2D eigenvalue weighted by molar-refractivity contribution is 0.0305. The Labute approximate surface area is 128 Å². The Bertz CT molecular complexity index is 608. The number of amides is 1. The van der Waals surface area contributed by atoms with E-state index in [0.717, 1.165) is 31.9 Å². The Hall–Kier alpha value is -2.25. The zero-order chi connectivity index (χ0) is 15.2. The Kier molecular flexibility index (Phi) is 4.77. The van der Waals surface area contributed by atoms with Gasteiger partial charge >= 0.3 is 0 Å². The number of carbonyl (C=O) groups excluding carboxylic acids is 1. The summed E-state index contributed by atoms with van der Waals surface area (Å²) in [6.07, 6.45) is 3.41. The molecule has 1 aliphatic heterocycles. The first-order valence-corrected chi connectivity index (χ1v) is 7.24. The SMILES string of the molecule is O=C(NCc1cccnc1)c1cc(CN2CCOCC2)on1. The van der Waals surface area contributed by atoms with Crippen LogP contribution < -0.4 is 5.32 Å². The summed E-state index contributed by atoms with van der Waals surface area (Å²) >= 11 is 0. The van der Waals surface area contributed by atoms with E-state index in [1.54, 1.807) is 18.5 Å². The van der Waals surface area contributed by atoms with Crippen LogP contribution in [0.2, 0.25) is 0 Å². The third kappa shape index (κ3) is 3.90. The van der Waals surface area contributed by atoms with Gasteiger partial charge in [-0.3, -0.25) is 14.7 Å². The van der Waals surface area contributed by atoms with Crippen LogP contribution in [0, 0.1) is 0 Å². The van der Waals surface area contributed by atoms with Crippen molar-refractivity contribution in [3.8, 4) is 0 Å². The van der Waals surface area contributed by atoms with Crippen molar-refractivity contribution in [1.82, 2.24) is 20.4 Å². The predicted octanol–water partition coefficient (Wildman–Crippen LogP) is 0.832. The van der Waals surface area contributed by atoms with Gasteiger partial charge in [-0.25, -0.2) is 0 Å². The fraction of sp³-hybridized carbons (Fsp3) is 0.400. The molecule has 116 valence electrons. The molecule has 0 saturated carbocycles. The van der Waals surface area contributed by atoms with Gasteiger partial charge in [0, 0.05) is 38.1 Å². The van der Waals surface area contributed by atoms with Crippen molar-refractivity contribution < 1.29 is 14.1 Å². The van der Waals surface area contributed by atoms with Crippen molar-refractivity contribution in [2.24, 2.45) is 0 Å². The Morgan fingerprint density at radius 3 is 3.00 bits per heavy atom. The smallest absolute Gasteiger partial charge is 0.273 e. The molecule has 1 aliphatic rings. The maximum atomic E-state index is 12.0. The van der Waals surface area contributed by atoms with Crippen molar-refractivity contribution in [3.05, 3.63) is 47.6 Å². The highest BCUT2D eigenvalue weighted by atomic mass is 16.5. The Morgan fingerprint density at radius 1 is 1.36 bits per heavy atom. The highest BCUT2D eigenvalue weighted by Crippen LogP contribution is 2.09. The van der Waals surface area contributed by atoms with Gasteiger partial charge in [-0.2, -0.15) is 0 Å². The highest BCUT2D eigenvalue weighted by molar-refractivity contribution is 5.92. The maximum Gasteiger partial charge on any atom is 0.273 e. The van der Waals surface area contributed by atoms with Gasteiger partial charge < -0.3 is 14.6 Å². The van der Waals surface area contributed by atoms with E-state index in [4.69, 9.17) is 9.26 Å². The average molecular weight is 302 g/mol. The number of hydrogen-bond donors (Lipinski definition) is 1. The molecule has 1 N–H and O–H groups in total. The molecule has 0 spiro atoms. The van der Waals surface area contributed by atoms with E-state index in [-0.39, 0.29) is 5.91 Å². The van der Waals surface area contributed by atoms with Crippen molar-refractivity contribution in [1.29, 1.82) is 0 Å². The molecule has 1 saturated heterocycles. The molecule has 7 nitrogen and oxygen atoms in total. The van der Waals surface area contributed by atoms with Crippen molar-refractivity contribution in [2.75, 3.05) is 26.3 Å². The zero-order valence-electron chi connectivity index (χ0n) is 12.2. The minimum absolute atomic E-state index is 0.249. The summed E-state index contributed by atoms with van der Waals surface area (Å²) in [5.41, 5.74) is 1.24. The van der Waals surface area contributed by atoms with Gasteiger partial charge in [0.05, 0.1) is 19.8 Å². The molecule has 3 heterocycles. The molecule has 1 fully saturated rings. The second kappa shape index (κ2) is 7.15. The lowest BCUT2D eigenvalue weighted by Crippen LogP contribution is -2.35. The Morgan fingerprint density at radius 2 is 2.23 bits per heavy atom. The van der Waals surface area contributed by atoms with E-state index in [0.29, 0.717) is 24.5 Å². The number of aromatic nitrogens is 2. The topological polar surface area (TPSA) is 80.5 Å². The Balaban J connectivity index is 1.52. The molecule has 3 rings (SSSR count). The number of pyridine rings is 1. The summed E-state index contributed by atoms with van der Waals surface area (Å²) in [4.78, 5) is 18.2. The summed E-state index contributed by atoms with van der Waals surface area (Å²) in [5, 5.41) is 6.63. The molecular weight excluding hydrogens is 284 g/mol. The van der Waals surface area contributed by atoms with Crippen LogP contribution in [0.25, 0.3) is 0 Å². The number of ether oxygens (including phenoxy) is 1. The quantitative estimate of drug-likeness (QED) is 0.881. The molecule has 0 radical (unpaired) electrons. The van der Waals surface area contributed by atoms with Gasteiger partial charge in [0.2, 0.25) is 0 Å². The standard InChI is InChI=1S/C15H18N4O3/c20-15(17-10-12-2-1-3-16-9-12)14-8-13(22-18-14)11-19-4-6-21-7-5-19/h1-3,8-9H,4-7,10-11H2,(H,17,20). The molecular formula is C15H18N4O3. The monoisotopic (exact) mass is 302 g/mol. The normalized spacial score (nSPS) is 15.6. The first-order valence-electron chi connectivity index (χ1n) is 7.24. The molecule has 2 aromatic heterocycles. The van der Waals surface area contributed by atoms with E-state index in [2.05, 4.69) is 20.4 Å². The van der Waals surface area contributed by atoms with E-state index >= 15 is 0 Å². The van der Waals surface area contributed by atoms with Crippen LogP contribution in [0.4, 0.5) is 0 Å². The first-order chi connectivity index (χ1) is 10.8. The van der Waals surface area contributed by atoms with Gasteiger partial charge in [0.1, 0.15) is 0 Å². The molecule has 22 heavy (non-hydrogen) atoms. The van der Waals surface area contributed by atoms with E-state index in [9.17, 15) is 4.79 Å². The van der Waals surface area contributed by atoms with E-state index < -0.39 is 0 Å². The number of morpholine rings is 1. The molecule has 2 aromatic rings. The molecule has 0 bridgehead atoms. The molecule has 0 unspecified atom stereocenters. The summed E-state index contributed by atoms with van der Waals surface area (Å²) in [5.74, 6) is 0.439. The molecule has 0 aromatic carbocycles. The zero-order valence-corrected chi connectivity index (χ0v) is 12.2. The largest absolute Gasteiger partial charge is 0.379 e.